The Kier molecular flexibility index (Phi) is 6.42. The van der Waals surface area contributed by atoms with Crippen molar-refractivity contribution in [2.24, 2.45) is 4.99 Å². The van der Waals surface area contributed by atoms with Gasteiger partial charge >= 0.3 is 0 Å². The van der Waals surface area contributed by atoms with E-state index in [1.807, 2.05) is 44.2 Å². The first-order valence-electron chi connectivity index (χ1n) is 9.75. The van der Waals surface area contributed by atoms with E-state index in [9.17, 15) is 9.59 Å². The van der Waals surface area contributed by atoms with E-state index < -0.39 is 5.25 Å². The number of hydrogen-bond acceptors (Lipinski definition) is 4. The lowest BCUT2D eigenvalue weighted by molar-refractivity contribution is -0.127. The highest BCUT2D eigenvalue weighted by Crippen LogP contribution is 2.31. The SMILES string of the molecule is Cc1cccc(NC(=O)C[C@@H]2SC(=Nc3ccc(C(C)C)cc3)N(C)C2=O)c1C. The molecular weight excluding hydrogens is 382 g/mol. The van der Waals surface area contributed by atoms with Crippen LogP contribution in [0, 0.1) is 13.8 Å². The largest absolute Gasteiger partial charge is 0.326 e. The Morgan fingerprint density at radius 2 is 1.86 bits per heavy atom. The van der Waals surface area contributed by atoms with Crippen LogP contribution >= 0.6 is 11.8 Å². The summed E-state index contributed by atoms with van der Waals surface area (Å²) in [5.74, 6) is 0.200. The van der Waals surface area contributed by atoms with Crippen molar-refractivity contribution in [1.82, 2.24) is 4.90 Å². The molecule has 2 amide bonds. The fourth-order valence-corrected chi connectivity index (χ4v) is 4.25. The minimum Gasteiger partial charge on any atom is -0.326 e. The molecule has 0 spiro atoms. The number of benzene rings is 2. The van der Waals surface area contributed by atoms with E-state index in [0.29, 0.717) is 11.1 Å². The molecule has 1 aliphatic heterocycles. The van der Waals surface area contributed by atoms with E-state index in [1.54, 1.807) is 7.05 Å². The molecule has 1 N–H and O–H groups in total. The molecule has 1 saturated heterocycles. The topological polar surface area (TPSA) is 61.8 Å². The van der Waals surface area contributed by atoms with Crippen molar-refractivity contribution in [3.8, 4) is 0 Å². The standard InChI is InChI=1S/C23H27N3O2S/c1-14(2)17-9-11-18(12-10-17)24-23-26(5)22(28)20(29-23)13-21(27)25-19-8-6-7-15(3)16(19)4/h6-12,14,20H,13H2,1-5H3,(H,25,27)/t20-/m0/s1. The Morgan fingerprint density at radius 3 is 2.52 bits per heavy atom. The number of nitrogens with one attached hydrogen (secondary N) is 1. The number of nitrogens with zero attached hydrogens (tertiary/aromatic N) is 2. The summed E-state index contributed by atoms with van der Waals surface area (Å²) in [6, 6.07) is 13.8. The zero-order chi connectivity index (χ0) is 21.1. The minimum absolute atomic E-state index is 0.0938. The first-order chi connectivity index (χ1) is 13.8. The Labute approximate surface area is 176 Å². The zero-order valence-electron chi connectivity index (χ0n) is 17.5. The fraction of sp³-hybridized carbons (Fsp3) is 0.348. The average Bonchev–Trinajstić information content (AvgIpc) is 2.93. The van der Waals surface area contributed by atoms with Crippen molar-refractivity contribution < 1.29 is 9.59 Å². The molecule has 3 rings (SSSR count). The van der Waals surface area contributed by atoms with Gasteiger partial charge in [-0.2, -0.15) is 0 Å². The molecule has 0 bridgehead atoms. The normalized spacial score (nSPS) is 18.0. The number of carbonyl (C=O) groups excluding carboxylic acids is 2. The maximum Gasteiger partial charge on any atom is 0.242 e. The zero-order valence-corrected chi connectivity index (χ0v) is 18.3. The molecule has 6 heteroatoms. The van der Waals surface area contributed by atoms with E-state index in [0.717, 1.165) is 22.5 Å². The van der Waals surface area contributed by atoms with Gasteiger partial charge in [0.25, 0.3) is 0 Å². The number of aliphatic imine (C=N–C) groups is 1. The predicted octanol–water partition coefficient (Wildman–Crippen LogP) is 5.02. The quantitative estimate of drug-likeness (QED) is 0.754. The van der Waals surface area contributed by atoms with Crippen LogP contribution in [0.1, 0.15) is 42.9 Å². The third-order valence-corrected chi connectivity index (χ3v) is 6.40. The summed E-state index contributed by atoms with van der Waals surface area (Å²) in [7, 11) is 1.71. The highest BCUT2D eigenvalue weighted by molar-refractivity contribution is 8.15. The van der Waals surface area contributed by atoms with E-state index in [4.69, 9.17) is 0 Å². The van der Waals surface area contributed by atoms with E-state index in [2.05, 4.69) is 36.3 Å². The van der Waals surface area contributed by atoms with Gasteiger partial charge < -0.3 is 5.32 Å². The average molecular weight is 410 g/mol. The molecule has 2 aromatic rings. The van der Waals surface area contributed by atoms with Gasteiger partial charge in [0.2, 0.25) is 11.8 Å². The molecule has 0 aromatic heterocycles. The van der Waals surface area contributed by atoms with Gasteiger partial charge in [0.05, 0.1) is 5.69 Å². The molecule has 0 radical (unpaired) electrons. The number of amides is 2. The van der Waals surface area contributed by atoms with Crippen molar-refractivity contribution in [2.75, 3.05) is 12.4 Å². The van der Waals surface area contributed by atoms with Gasteiger partial charge in [0, 0.05) is 19.2 Å². The van der Waals surface area contributed by atoms with E-state index in [-0.39, 0.29) is 18.2 Å². The number of thioether (sulfide) groups is 1. The van der Waals surface area contributed by atoms with Gasteiger partial charge in [-0.05, 0) is 54.7 Å². The summed E-state index contributed by atoms with van der Waals surface area (Å²) in [4.78, 5) is 31.3. The number of hydrogen-bond donors (Lipinski definition) is 1. The highest BCUT2D eigenvalue weighted by atomic mass is 32.2. The van der Waals surface area contributed by atoms with Crippen LogP contribution in [0.3, 0.4) is 0 Å². The first-order valence-corrected chi connectivity index (χ1v) is 10.6. The van der Waals surface area contributed by atoms with Crippen molar-refractivity contribution in [3.63, 3.8) is 0 Å². The van der Waals surface area contributed by atoms with Gasteiger partial charge in [0.15, 0.2) is 5.17 Å². The maximum absolute atomic E-state index is 12.6. The summed E-state index contributed by atoms with van der Waals surface area (Å²) in [6.07, 6.45) is 0.118. The Balaban J connectivity index is 1.68. The van der Waals surface area contributed by atoms with Gasteiger partial charge in [-0.15, -0.1) is 0 Å². The monoisotopic (exact) mass is 409 g/mol. The number of amidine groups is 1. The van der Waals surface area contributed by atoms with Gasteiger partial charge in [-0.25, -0.2) is 4.99 Å². The van der Waals surface area contributed by atoms with E-state index in [1.165, 1.54) is 22.2 Å². The molecule has 1 fully saturated rings. The molecular formula is C23H27N3O2S. The van der Waals surface area contributed by atoms with Crippen molar-refractivity contribution in [2.45, 2.75) is 45.3 Å². The second kappa shape index (κ2) is 8.82. The third-order valence-electron chi connectivity index (χ3n) is 5.17. The number of aryl methyl sites for hydroxylation is 1. The van der Waals surface area contributed by atoms with Crippen LogP contribution < -0.4 is 5.32 Å². The Morgan fingerprint density at radius 1 is 1.17 bits per heavy atom. The van der Waals surface area contributed by atoms with Gasteiger partial charge in [-0.1, -0.05) is 49.9 Å². The smallest absolute Gasteiger partial charge is 0.242 e. The molecule has 1 heterocycles. The molecule has 29 heavy (non-hydrogen) atoms. The molecule has 2 aromatic carbocycles. The summed E-state index contributed by atoms with van der Waals surface area (Å²) < 4.78 is 0. The first kappa shape index (κ1) is 21.1. The van der Waals surface area contributed by atoms with Gasteiger partial charge in [-0.3, -0.25) is 14.5 Å². The van der Waals surface area contributed by atoms with E-state index >= 15 is 0 Å². The molecule has 5 nitrogen and oxygen atoms in total. The lowest BCUT2D eigenvalue weighted by atomic mass is 10.0. The molecule has 1 atom stereocenters. The lowest BCUT2D eigenvalue weighted by Crippen LogP contribution is -2.30. The van der Waals surface area contributed by atoms with Crippen LogP contribution in [0.4, 0.5) is 11.4 Å². The van der Waals surface area contributed by atoms with Crippen LogP contribution in [0.15, 0.2) is 47.5 Å². The lowest BCUT2D eigenvalue weighted by Gasteiger charge is -2.12. The molecule has 0 aliphatic carbocycles. The van der Waals surface area contributed by atoms with Gasteiger partial charge in [0.1, 0.15) is 5.25 Å². The molecule has 0 unspecified atom stereocenters. The second-order valence-corrected chi connectivity index (χ2v) is 8.81. The van der Waals surface area contributed by atoms with Crippen LogP contribution in [0.5, 0.6) is 0 Å². The highest BCUT2D eigenvalue weighted by Gasteiger charge is 2.37. The van der Waals surface area contributed by atoms with Crippen molar-refractivity contribution in [3.05, 3.63) is 59.2 Å². The van der Waals surface area contributed by atoms with Crippen LogP contribution in [0.2, 0.25) is 0 Å². The molecule has 1 aliphatic rings. The molecule has 152 valence electrons. The number of anilines is 1. The van der Waals surface area contributed by atoms with Crippen LogP contribution in [-0.4, -0.2) is 34.2 Å². The number of rotatable bonds is 5. The Bertz CT molecular complexity index is 951. The van der Waals surface area contributed by atoms with Crippen molar-refractivity contribution in [1.29, 1.82) is 0 Å². The Hall–Kier alpha value is -2.60. The summed E-state index contributed by atoms with van der Waals surface area (Å²) in [5, 5.41) is 3.09. The molecule has 0 saturated carbocycles. The third kappa shape index (κ3) is 4.88. The predicted molar refractivity (Wildman–Crippen MR) is 121 cm³/mol. The summed E-state index contributed by atoms with van der Waals surface area (Å²) >= 11 is 1.34. The summed E-state index contributed by atoms with van der Waals surface area (Å²) in [5.41, 5.74) is 5.00. The van der Waals surface area contributed by atoms with Crippen LogP contribution in [0.25, 0.3) is 0 Å². The second-order valence-electron chi connectivity index (χ2n) is 7.64. The maximum atomic E-state index is 12.6. The number of carbonyl (C=O) groups is 2. The summed E-state index contributed by atoms with van der Waals surface area (Å²) in [6.45, 7) is 8.28. The van der Waals surface area contributed by atoms with Crippen LogP contribution in [-0.2, 0) is 9.59 Å². The fourth-order valence-electron chi connectivity index (χ4n) is 3.10. The minimum atomic E-state index is -0.459. The van der Waals surface area contributed by atoms with Crippen molar-refractivity contribution >= 4 is 40.1 Å².